The molecule has 0 saturated carbocycles. The van der Waals surface area contributed by atoms with Gasteiger partial charge in [-0.2, -0.15) is 0 Å². The average Bonchev–Trinajstić information content (AvgIpc) is 2.78. The molecule has 0 radical (unpaired) electrons. The second kappa shape index (κ2) is 10.5. The molecule has 0 atom stereocenters. The molecule has 4 aromatic rings. The second-order valence-corrected chi connectivity index (χ2v) is 9.51. The maximum atomic E-state index is 2.28. The van der Waals surface area contributed by atoms with Gasteiger partial charge < -0.3 is 0 Å². The van der Waals surface area contributed by atoms with Crippen LogP contribution in [0.4, 0.5) is 0 Å². The summed E-state index contributed by atoms with van der Waals surface area (Å²) in [4.78, 5) is 0. The van der Waals surface area contributed by atoms with Gasteiger partial charge in [0.25, 0.3) is 0 Å². The number of benzene rings is 4. The van der Waals surface area contributed by atoms with Crippen LogP contribution in [0.2, 0.25) is 0 Å². The lowest BCUT2D eigenvalue weighted by atomic mass is 9.78. The quantitative estimate of drug-likeness (QED) is 0.310. The lowest BCUT2D eigenvalue weighted by molar-refractivity contribution is 0.640. The van der Waals surface area contributed by atoms with Crippen molar-refractivity contribution in [1.29, 1.82) is 0 Å². The van der Waals surface area contributed by atoms with E-state index in [0.717, 1.165) is 6.42 Å². The van der Waals surface area contributed by atoms with Gasteiger partial charge >= 0.3 is 0 Å². The molecule has 0 nitrogen and oxygen atoms in total. The van der Waals surface area contributed by atoms with Crippen LogP contribution in [-0.4, -0.2) is 0 Å². The molecule has 0 spiro atoms. The second-order valence-electron chi connectivity index (χ2n) is 9.51. The van der Waals surface area contributed by atoms with Gasteiger partial charge in [0, 0.05) is 5.41 Å². The first-order chi connectivity index (χ1) is 15.2. The van der Waals surface area contributed by atoms with Crippen molar-refractivity contribution in [3.63, 3.8) is 0 Å². The monoisotopic (exact) mass is 420 g/mol. The van der Waals surface area contributed by atoms with Crippen LogP contribution in [0.5, 0.6) is 0 Å². The molecular formula is C32H36. The normalized spacial score (nSPS) is 10.9. The Kier molecular flexibility index (Phi) is 7.70. The van der Waals surface area contributed by atoms with Gasteiger partial charge in [0.2, 0.25) is 0 Å². The fourth-order valence-corrected chi connectivity index (χ4v) is 3.75. The van der Waals surface area contributed by atoms with Crippen LogP contribution in [-0.2, 0) is 11.8 Å². The van der Waals surface area contributed by atoms with Gasteiger partial charge in [-0.05, 0) is 56.4 Å². The molecule has 32 heavy (non-hydrogen) atoms. The fourth-order valence-electron chi connectivity index (χ4n) is 3.75. The molecule has 4 rings (SSSR count). The highest BCUT2D eigenvalue weighted by atomic mass is 14.3. The van der Waals surface area contributed by atoms with E-state index in [9.17, 15) is 0 Å². The zero-order valence-corrected chi connectivity index (χ0v) is 20.4. The van der Waals surface area contributed by atoms with Crippen LogP contribution in [0.25, 0.3) is 0 Å². The molecular weight excluding hydrogens is 384 g/mol. The van der Waals surface area contributed by atoms with E-state index in [2.05, 4.69) is 139 Å². The molecule has 0 aliphatic carbocycles. The molecule has 0 aromatic heterocycles. The number of aryl methyl sites for hydroxylation is 4. The Morgan fingerprint density at radius 1 is 0.406 bits per heavy atom. The maximum Gasteiger partial charge on any atom is 0.0146 e. The largest absolute Gasteiger partial charge is 0.0590 e. The van der Waals surface area contributed by atoms with Crippen molar-refractivity contribution < 1.29 is 0 Å². The SMILES string of the molecule is Cc1ccc(C(C)(C)c2ccc(C)cc2)cc1.Cc1ccc(Cc2ccc(C)cc2)cc1. The van der Waals surface area contributed by atoms with Crippen molar-refractivity contribution in [3.05, 3.63) is 142 Å². The maximum absolute atomic E-state index is 2.28. The van der Waals surface area contributed by atoms with Crippen molar-refractivity contribution in [3.8, 4) is 0 Å². The molecule has 4 aromatic carbocycles. The summed E-state index contributed by atoms with van der Waals surface area (Å²) in [6.07, 6.45) is 1.03. The van der Waals surface area contributed by atoms with Crippen LogP contribution in [0, 0.1) is 27.7 Å². The van der Waals surface area contributed by atoms with Crippen molar-refractivity contribution in [2.45, 2.75) is 53.4 Å². The summed E-state index contributed by atoms with van der Waals surface area (Å²) >= 11 is 0. The lowest BCUT2D eigenvalue weighted by Gasteiger charge is -2.26. The van der Waals surface area contributed by atoms with Crippen molar-refractivity contribution in [2.24, 2.45) is 0 Å². The minimum absolute atomic E-state index is 0.0708. The van der Waals surface area contributed by atoms with E-state index in [-0.39, 0.29) is 5.41 Å². The average molecular weight is 421 g/mol. The minimum Gasteiger partial charge on any atom is -0.0590 e. The van der Waals surface area contributed by atoms with Gasteiger partial charge in [-0.1, -0.05) is 133 Å². The van der Waals surface area contributed by atoms with E-state index >= 15 is 0 Å². The Bertz CT molecular complexity index is 1000. The van der Waals surface area contributed by atoms with Gasteiger partial charge in [0.15, 0.2) is 0 Å². The zero-order chi connectivity index (χ0) is 23.1. The summed E-state index contributed by atoms with van der Waals surface area (Å²) in [6, 6.07) is 35.2. The lowest BCUT2D eigenvalue weighted by Crippen LogP contribution is -2.18. The summed E-state index contributed by atoms with van der Waals surface area (Å²) in [6.45, 7) is 13.1. The molecule has 0 unspecified atom stereocenters. The molecule has 0 bridgehead atoms. The molecule has 0 heterocycles. The van der Waals surface area contributed by atoms with E-state index in [4.69, 9.17) is 0 Å². The molecule has 0 aliphatic heterocycles. The predicted octanol–water partition coefficient (Wildman–Crippen LogP) is 8.52. The van der Waals surface area contributed by atoms with Crippen molar-refractivity contribution in [2.75, 3.05) is 0 Å². The van der Waals surface area contributed by atoms with Crippen molar-refractivity contribution in [1.82, 2.24) is 0 Å². The van der Waals surface area contributed by atoms with Crippen LogP contribution in [0.15, 0.2) is 97.1 Å². The summed E-state index contributed by atoms with van der Waals surface area (Å²) in [5.74, 6) is 0. The smallest absolute Gasteiger partial charge is 0.0146 e. The van der Waals surface area contributed by atoms with Gasteiger partial charge in [-0.15, -0.1) is 0 Å². The van der Waals surface area contributed by atoms with E-state index in [1.807, 2.05) is 0 Å². The summed E-state index contributed by atoms with van der Waals surface area (Å²) in [5, 5.41) is 0. The highest BCUT2D eigenvalue weighted by Crippen LogP contribution is 2.31. The summed E-state index contributed by atoms with van der Waals surface area (Å²) in [5.41, 5.74) is 10.8. The molecule has 0 fully saturated rings. The first-order valence-electron chi connectivity index (χ1n) is 11.5. The van der Waals surface area contributed by atoms with E-state index < -0.39 is 0 Å². The van der Waals surface area contributed by atoms with E-state index in [0.29, 0.717) is 0 Å². The van der Waals surface area contributed by atoms with E-state index in [1.165, 1.54) is 44.5 Å². The van der Waals surface area contributed by atoms with Crippen LogP contribution in [0.1, 0.15) is 58.4 Å². The molecule has 164 valence electrons. The highest BCUT2D eigenvalue weighted by Gasteiger charge is 2.22. The number of rotatable bonds is 4. The molecule has 0 saturated heterocycles. The van der Waals surface area contributed by atoms with Crippen LogP contribution < -0.4 is 0 Å². The Morgan fingerprint density at radius 3 is 0.938 bits per heavy atom. The Morgan fingerprint density at radius 2 is 0.656 bits per heavy atom. The topological polar surface area (TPSA) is 0 Å². The predicted molar refractivity (Wildman–Crippen MR) is 140 cm³/mol. The zero-order valence-electron chi connectivity index (χ0n) is 20.4. The Hall–Kier alpha value is -3.12. The molecule has 0 amide bonds. The van der Waals surface area contributed by atoms with Crippen LogP contribution in [0.3, 0.4) is 0 Å². The van der Waals surface area contributed by atoms with Gasteiger partial charge in [0.1, 0.15) is 0 Å². The van der Waals surface area contributed by atoms with Crippen molar-refractivity contribution >= 4 is 0 Å². The van der Waals surface area contributed by atoms with Gasteiger partial charge in [-0.25, -0.2) is 0 Å². The number of hydrogen-bond donors (Lipinski definition) is 0. The Balaban J connectivity index is 0.000000182. The Labute approximate surface area is 195 Å². The van der Waals surface area contributed by atoms with Gasteiger partial charge in [0.05, 0.1) is 0 Å². The fraction of sp³-hybridized carbons (Fsp3) is 0.250. The molecule has 0 aliphatic rings. The number of hydrogen-bond acceptors (Lipinski definition) is 0. The first-order valence-corrected chi connectivity index (χ1v) is 11.5. The molecule has 0 N–H and O–H groups in total. The molecule has 0 heteroatoms. The highest BCUT2D eigenvalue weighted by molar-refractivity contribution is 5.39. The van der Waals surface area contributed by atoms with Crippen LogP contribution >= 0.6 is 0 Å². The standard InChI is InChI=1S/C17H20.C15H16/c1-13-5-9-15(10-6-13)17(3,4)16-11-7-14(2)8-12-16;1-12-3-7-14(8-4-12)11-15-9-5-13(2)6-10-15/h5-12H,1-4H3;3-10H,11H2,1-2H3. The third kappa shape index (κ3) is 6.44. The minimum atomic E-state index is 0.0708. The first kappa shape index (κ1) is 23.5. The third-order valence-electron chi connectivity index (χ3n) is 6.20. The van der Waals surface area contributed by atoms with E-state index in [1.54, 1.807) is 0 Å². The van der Waals surface area contributed by atoms with Gasteiger partial charge in [-0.3, -0.25) is 0 Å². The summed E-state index contributed by atoms with van der Waals surface area (Å²) < 4.78 is 0. The summed E-state index contributed by atoms with van der Waals surface area (Å²) in [7, 11) is 0. The third-order valence-corrected chi connectivity index (χ3v) is 6.20.